The summed E-state index contributed by atoms with van der Waals surface area (Å²) in [5.41, 5.74) is 2.04. The fourth-order valence-electron chi connectivity index (χ4n) is 2.99. The van der Waals surface area contributed by atoms with Gasteiger partial charge in [0.2, 0.25) is 5.91 Å². The lowest BCUT2D eigenvalue weighted by atomic mass is 9.83. The van der Waals surface area contributed by atoms with E-state index < -0.39 is 0 Å². The molecule has 1 fully saturated rings. The molecule has 0 radical (unpaired) electrons. The van der Waals surface area contributed by atoms with E-state index in [0.717, 1.165) is 24.1 Å². The molecule has 2 aromatic rings. The van der Waals surface area contributed by atoms with Crippen molar-refractivity contribution in [1.29, 1.82) is 0 Å². The number of piperidine rings is 1. The van der Waals surface area contributed by atoms with Crippen LogP contribution in [-0.4, -0.2) is 28.4 Å². The van der Waals surface area contributed by atoms with Crippen molar-refractivity contribution in [2.75, 3.05) is 7.05 Å². The summed E-state index contributed by atoms with van der Waals surface area (Å²) in [7, 11) is 1.85. The number of hydrogen-bond acceptors (Lipinski definition) is 2. The van der Waals surface area contributed by atoms with Gasteiger partial charge < -0.3 is 4.90 Å². The van der Waals surface area contributed by atoms with Gasteiger partial charge in [-0.2, -0.15) is 0 Å². The zero-order chi connectivity index (χ0) is 18.0. The van der Waals surface area contributed by atoms with Crippen LogP contribution in [-0.2, 0) is 4.79 Å². The topological polar surface area (TPSA) is 33.2 Å². The average Bonchev–Trinajstić information content (AvgIpc) is 2.59. The van der Waals surface area contributed by atoms with Crippen LogP contribution in [0.5, 0.6) is 0 Å². The Kier molecular flexibility index (Phi) is 4.59. The van der Waals surface area contributed by atoms with Crippen LogP contribution in [0.1, 0.15) is 49.4 Å². The number of benzene rings is 1. The quantitative estimate of drug-likeness (QED) is 0.744. The number of hydrogen-bond donors (Lipinski definition) is 0. The van der Waals surface area contributed by atoms with Crippen LogP contribution in [0, 0.1) is 17.7 Å². The van der Waals surface area contributed by atoms with Gasteiger partial charge in [0.15, 0.2) is 0 Å². The van der Waals surface area contributed by atoms with Crippen LogP contribution >= 0.6 is 0 Å². The molecule has 1 atom stereocenters. The second-order valence-corrected chi connectivity index (χ2v) is 7.03. The van der Waals surface area contributed by atoms with Crippen molar-refractivity contribution in [3.8, 4) is 11.8 Å². The molecule has 0 N–H and O–H groups in total. The molecule has 25 heavy (non-hydrogen) atoms. The van der Waals surface area contributed by atoms with E-state index in [1.807, 2.05) is 24.1 Å². The number of amides is 1. The number of nitrogens with zero attached hydrogens (tertiary/aromatic N) is 2. The molecule has 1 amide bonds. The fraction of sp³-hybridized carbons (Fsp3) is 0.333. The first-order valence-electron chi connectivity index (χ1n) is 8.38. The molecule has 4 heteroatoms. The lowest BCUT2D eigenvalue weighted by Crippen LogP contribution is -2.51. The number of carbonyl (C=O) groups is 1. The smallest absolute Gasteiger partial charge is 0.231 e. The van der Waals surface area contributed by atoms with E-state index in [-0.39, 0.29) is 23.2 Å². The minimum atomic E-state index is -0.303. The SMILES string of the molecule is CN1C(=O)[C@H](c2ccc(C#Cc3cccc(F)c3)cn2)CCC1(C)C. The van der Waals surface area contributed by atoms with Crippen molar-refractivity contribution in [3.05, 3.63) is 65.2 Å². The summed E-state index contributed by atoms with van der Waals surface area (Å²) < 4.78 is 13.2. The van der Waals surface area contributed by atoms with Gasteiger partial charge in [0, 0.05) is 29.9 Å². The monoisotopic (exact) mass is 336 g/mol. The predicted molar refractivity (Wildman–Crippen MR) is 95.4 cm³/mol. The number of likely N-dealkylation sites (tertiary alicyclic amines) is 1. The Morgan fingerprint density at radius 3 is 2.64 bits per heavy atom. The van der Waals surface area contributed by atoms with Gasteiger partial charge in [0.05, 0.1) is 11.6 Å². The normalized spacial score (nSPS) is 19.3. The fourth-order valence-corrected chi connectivity index (χ4v) is 2.99. The molecule has 0 aliphatic carbocycles. The van der Waals surface area contributed by atoms with E-state index in [0.29, 0.717) is 5.56 Å². The molecule has 0 unspecified atom stereocenters. The Labute approximate surface area is 147 Å². The number of carbonyl (C=O) groups excluding carboxylic acids is 1. The van der Waals surface area contributed by atoms with Gasteiger partial charge in [0.1, 0.15) is 5.82 Å². The number of likely N-dealkylation sites (N-methyl/N-ethyl adjacent to an activating group) is 1. The number of pyridine rings is 1. The highest BCUT2D eigenvalue weighted by Crippen LogP contribution is 2.34. The van der Waals surface area contributed by atoms with E-state index in [9.17, 15) is 9.18 Å². The molecular formula is C21H21FN2O. The standard InChI is InChI=1S/C21H21FN2O/c1-21(2)12-11-18(20(25)24(21)3)19-10-9-16(14-23-19)8-7-15-5-4-6-17(22)13-15/h4-6,9-10,13-14,18H,11-12H2,1-3H3/t18-/m0/s1. The summed E-state index contributed by atoms with van der Waals surface area (Å²) in [4.78, 5) is 18.9. The highest BCUT2D eigenvalue weighted by atomic mass is 19.1. The number of halogens is 1. The Morgan fingerprint density at radius 1 is 1.20 bits per heavy atom. The Morgan fingerprint density at radius 2 is 1.96 bits per heavy atom. The Bertz CT molecular complexity index is 846. The predicted octanol–water partition coefficient (Wildman–Crippen LogP) is 3.73. The summed E-state index contributed by atoms with van der Waals surface area (Å²) in [5, 5.41) is 0. The van der Waals surface area contributed by atoms with Crippen LogP contribution in [0.2, 0.25) is 0 Å². The van der Waals surface area contributed by atoms with E-state index in [2.05, 4.69) is 30.7 Å². The highest BCUT2D eigenvalue weighted by molar-refractivity contribution is 5.84. The van der Waals surface area contributed by atoms with E-state index in [4.69, 9.17) is 0 Å². The molecule has 3 rings (SSSR count). The maximum Gasteiger partial charge on any atom is 0.231 e. The van der Waals surface area contributed by atoms with E-state index in [1.54, 1.807) is 18.3 Å². The molecule has 1 aliphatic rings. The molecule has 1 aromatic heterocycles. The van der Waals surface area contributed by atoms with Crippen LogP contribution in [0.4, 0.5) is 4.39 Å². The maximum absolute atomic E-state index is 13.2. The second-order valence-electron chi connectivity index (χ2n) is 7.03. The third kappa shape index (κ3) is 3.71. The summed E-state index contributed by atoms with van der Waals surface area (Å²) in [6, 6.07) is 9.91. The van der Waals surface area contributed by atoms with Crippen LogP contribution in [0.3, 0.4) is 0 Å². The van der Waals surface area contributed by atoms with E-state index in [1.165, 1.54) is 12.1 Å². The molecular weight excluding hydrogens is 315 g/mol. The van der Waals surface area contributed by atoms with Crippen molar-refractivity contribution < 1.29 is 9.18 Å². The molecule has 0 spiro atoms. The first kappa shape index (κ1) is 17.2. The van der Waals surface area contributed by atoms with Crippen molar-refractivity contribution in [2.24, 2.45) is 0 Å². The van der Waals surface area contributed by atoms with Gasteiger partial charge in [-0.15, -0.1) is 0 Å². The molecule has 0 saturated carbocycles. The van der Waals surface area contributed by atoms with Crippen molar-refractivity contribution in [1.82, 2.24) is 9.88 Å². The molecule has 2 heterocycles. The summed E-state index contributed by atoms with van der Waals surface area (Å²) >= 11 is 0. The van der Waals surface area contributed by atoms with Gasteiger partial charge >= 0.3 is 0 Å². The van der Waals surface area contributed by atoms with Crippen molar-refractivity contribution in [3.63, 3.8) is 0 Å². The lowest BCUT2D eigenvalue weighted by molar-refractivity contribution is -0.140. The van der Waals surface area contributed by atoms with Gasteiger partial charge in [0.25, 0.3) is 0 Å². The number of rotatable bonds is 1. The molecule has 1 aliphatic heterocycles. The largest absolute Gasteiger partial charge is 0.340 e. The second kappa shape index (κ2) is 6.68. The third-order valence-electron chi connectivity index (χ3n) is 4.90. The van der Waals surface area contributed by atoms with Crippen molar-refractivity contribution in [2.45, 2.75) is 38.1 Å². The minimum Gasteiger partial charge on any atom is -0.340 e. The zero-order valence-electron chi connectivity index (χ0n) is 14.7. The summed E-state index contributed by atoms with van der Waals surface area (Å²) in [6.07, 6.45) is 3.43. The Balaban J connectivity index is 1.76. The van der Waals surface area contributed by atoms with E-state index >= 15 is 0 Å². The first-order valence-corrected chi connectivity index (χ1v) is 8.38. The zero-order valence-corrected chi connectivity index (χ0v) is 14.7. The third-order valence-corrected chi connectivity index (χ3v) is 4.90. The minimum absolute atomic E-state index is 0.107. The molecule has 128 valence electrons. The van der Waals surface area contributed by atoms with Crippen LogP contribution < -0.4 is 0 Å². The van der Waals surface area contributed by atoms with Gasteiger partial charge in [-0.1, -0.05) is 17.9 Å². The molecule has 0 bridgehead atoms. The van der Waals surface area contributed by atoms with Gasteiger partial charge in [-0.25, -0.2) is 4.39 Å². The summed E-state index contributed by atoms with van der Waals surface area (Å²) in [6.45, 7) is 4.17. The van der Waals surface area contributed by atoms with Gasteiger partial charge in [-0.05, 0) is 57.0 Å². The van der Waals surface area contributed by atoms with Crippen LogP contribution in [0.25, 0.3) is 0 Å². The molecule has 1 aromatic carbocycles. The first-order chi connectivity index (χ1) is 11.9. The lowest BCUT2D eigenvalue weighted by Gasteiger charge is -2.42. The average molecular weight is 336 g/mol. The Hall–Kier alpha value is -2.67. The summed E-state index contributed by atoms with van der Waals surface area (Å²) in [5.74, 6) is 5.52. The maximum atomic E-state index is 13.2. The van der Waals surface area contributed by atoms with Crippen LogP contribution in [0.15, 0.2) is 42.6 Å². The molecule has 1 saturated heterocycles. The number of aromatic nitrogens is 1. The van der Waals surface area contributed by atoms with Gasteiger partial charge in [-0.3, -0.25) is 9.78 Å². The highest BCUT2D eigenvalue weighted by Gasteiger charge is 2.38. The molecule has 3 nitrogen and oxygen atoms in total. The van der Waals surface area contributed by atoms with Crippen molar-refractivity contribution >= 4 is 5.91 Å².